The van der Waals surface area contributed by atoms with Gasteiger partial charge in [-0.25, -0.2) is 9.78 Å². The van der Waals surface area contributed by atoms with Crippen LogP contribution in [0, 0.1) is 12.8 Å². The third-order valence-corrected chi connectivity index (χ3v) is 4.95. The summed E-state index contributed by atoms with van der Waals surface area (Å²) in [5, 5.41) is 0. The van der Waals surface area contributed by atoms with Crippen LogP contribution < -0.4 is 10.5 Å². The van der Waals surface area contributed by atoms with E-state index in [4.69, 9.17) is 15.2 Å². The van der Waals surface area contributed by atoms with Crippen LogP contribution in [0.5, 0.6) is 5.75 Å². The number of esters is 1. The third-order valence-electron chi connectivity index (χ3n) is 4.95. The Morgan fingerprint density at radius 1 is 1.25 bits per heavy atom. The van der Waals surface area contributed by atoms with Crippen molar-refractivity contribution in [1.29, 1.82) is 0 Å². The molecule has 0 aliphatic carbocycles. The Labute approximate surface area is 164 Å². The van der Waals surface area contributed by atoms with Gasteiger partial charge in [-0.1, -0.05) is 36.8 Å². The maximum atomic E-state index is 12.7. The van der Waals surface area contributed by atoms with E-state index in [1.165, 1.54) is 24.9 Å². The fraction of sp³-hybridized carbons (Fsp3) is 0.381. The van der Waals surface area contributed by atoms with Crippen LogP contribution in [-0.2, 0) is 16.0 Å². The van der Waals surface area contributed by atoms with Crippen molar-refractivity contribution >= 4 is 17.7 Å². The molecule has 0 saturated carbocycles. The van der Waals surface area contributed by atoms with Crippen LogP contribution in [0.3, 0.4) is 0 Å². The second kappa shape index (κ2) is 8.29. The van der Waals surface area contributed by atoms with E-state index in [9.17, 15) is 9.59 Å². The summed E-state index contributed by atoms with van der Waals surface area (Å²) in [5.41, 5.74) is 8.32. The Kier molecular flexibility index (Phi) is 5.82. The zero-order chi connectivity index (χ0) is 20.3. The second-order valence-corrected chi connectivity index (χ2v) is 7.19. The normalized spacial score (nSPS) is 18.8. The number of aromatic nitrogens is 1. The molecule has 7 heteroatoms. The quantitative estimate of drug-likeness (QED) is 0.796. The number of carbonyl (C=O) groups excluding carboxylic acids is 2. The lowest BCUT2D eigenvalue weighted by molar-refractivity contribution is -0.129. The number of aryl methyl sites for hydroxylation is 1. The minimum absolute atomic E-state index is 0.0659. The molecule has 0 bridgehead atoms. The fourth-order valence-electron chi connectivity index (χ4n) is 3.23. The summed E-state index contributed by atoms with van der Waals surface area (Å²) in [7, 11) is 1.30. The monoisotopic (exact) mass is 383 g/mol. The zero-order valence-corrected chi connectivity index (χ0v) is 16.3. The van der Waals surface area contributed by atoms with Gasteiger partial charge in [-0.05, 0) is 12.5 Å². The molecule has 1 fully saturated rings. The summed E-state index contributed by atoms with van der Waals surface area (Å²) in [6, 6.07) is 9.49. The highest BCUT2D eigenvalue weighted by Gasteiger charge is 2.34. The molecule has 2 aromatic rings. The Balaban J connectivity index is 1.66. The van der Waals surface area contributed by atoms with Gasteiger partial charge in [0.15, 0.2) is 11.6 Å². The van der Waals surface area contributed by atoms with Crippen LogP contribution in [0.15, 0.2) is 36.5 Å². The molecule has 2 atom stereocenters. The van der Waals surface area contributed by atoms with Gasteiger partial charge in [-0.2, -0.15) is 0 Å². The number of pyridine rings is 1. The third kappa shape index (κ3) is 4.42. The van der Waals surface area contributed by atoms with E-state index in [2.05, 4.69) is 4.98 Å². The van der Waals surface area contributed by atoms with E-state index in [0.29, 0.717) is 25.3 Å². The molecule has 2 heterocycles. The predicted molar refractivity (Wildman–Crippen MR) is 105 cm³/mol. The molecular weight excluding hydrogens is 358 g/mol. The van der Waals surface area contributed by atoms with Gasteiger partial charge in [0.1, 0.15) is 6.10 Å². The van der Waals surface area contributed by atoms with Crippen LogP contribution >= 0.6 is 0 Å². The zero-order valence-electron chi connectivity index (χ0n) is 16.3. The molecule has 1 amide bonds. The Morgan fingerprint density at radius 2 is 1.96 bits per heavy atom. The molecule has 1 aromatic heterocycles. The van der Waals surface area contributed by atoms with E-state index < -0.39 is 5.97 Å². The summed E-state index contributed by atoms with van der Waals surface area (Å²) in [5.74, 6) is 0.211. The molecule has 1 aliphatic heterocycles. The van der Waals surface area contributed by atoms with E-state index in [0.717, 1.165) is 5.56 Å². The number of anilines is 1. The number of likely N-dealkylation sites (tertiary alicyclic amines) is 1. The lowest BCUT2D eigenvalue weighted by Crippen LogP contribution is -2.32. The average Bonchev–Trinajstić information content (AvgIpc) is 3.05. The molecule has 0 spiro atoms. The van der Waals surface area contributed by atoms with Crippen molar-refractivity contribution in [2.45, 2.75) is 26.4 Å². The van der Waals surface area contributed by atoms with Crippen molar-refractivity contribution in [3.63, 3.8) is 0 Å². The van der Waals surface area contributed by atoms with Crippen molar-refractivity contribution in [3.05, 3.63) is 53.2 Å². The maximum absolute atomic E-state index is 12.7. The Bertz CT molecular complexity index is 866. The summed E-state index contributed by atoms with van der Waals surface area (Å²) < 4.78 is 10.7. The number of rotatable bonds is 5. The van der Waals surface area contributed by atoms with Gasteiger partial charge in [0, 0.05) is 24.7 Å². The van der Waals surface area contributed by atoms with Crippen molar-refractivity contribution in [1.82, 2.24) is 9.88 Å². The van der Waals surface area contributed by atoms with Gasteiger partial charge in [-0.15, -0.1) is 0 Å². The van der Waals surface area contributed by atoms with E-state index in [-0.39, 0.29) is 29.3 Å². The highest BCUT2D eigenvalue weighted by atomic mass is 16.5. The molecule has 28 heavy (non-hydrogen) atoms. The molecule has 0 radical (unpaired) electrons. The first-order valence-electron chi connectivity index (χ1n) is 9.21. The summed E-state index contributed by atoms with van der Waals surface area (Å²) in [6.45, 7) is 5.12. The van der Waals surface area contributed by atoms with Crippen LogP contribution in [-0.4, -0.2) is 48.1 Å². The van der Waals surface area contributed by atoms with Crippen molar-refractivity contribution in [2.24, 2.45) is 5.92 Å². The number of carbonyl (C=O) groups is 2. The number of nitrogens with two attached hydrogens (primary N) is 1. The van der Waals surface area contributed by atoms with Gasteiger partial charge in [-0.3, -0.25) is 4.79 Å². The van der Waals surface area contributed by atoms with Crippen LogP contribution in [0.2, 0.25) is 0 Å². The number of ether oxygens (including phenoxy) is 2. The first-order chi connectivity index (χ1) is 13.4. The van der Waals surface area contributed by atoms with Gasteiger partial charge in [0.2, 0.25) is 5.91 Å². The van der Waals surface area contributed by atoms with Gasteiger partial charge >= 0.3 is 5.97 Å². The molecule has 3 rings (SSSR count). The number of nitrogens with zero attached hydrogens (tertiary/aromatic N) is 2. The average molecular weight is 383 g/mol. The molecule has 148 valence electrons. The standard InChI is InChI=1S/C21H25N3O4/c1-13-4-6-15(7-5-13)8-19(25)24-11-14(2)18(12-24)28-17-9-16(21(26)27-3)10-23-20(17)22/h4-7,9-10,14,18H,8,11-12H2,1-3H3,(H2,22,23)/t14-,18-/m0/s1. The lowest BCUT2D eigenvalue weighted by Gasteiger charge is -2.19. The largest absolute Gasteiger partial charge is 0.484 e. The van der Waals surface area contributed by atoms with E-state index in [1.54, 1.807) is 0 Å². The minimum atomic E-state index is -0.508. The van der Waals surface area contributed by atoms with Crippen LogP contribution in [0.1, 0.15) is 28.4 Å². The van der Waals surface area contributed by atoms with Crippen molar-refractivity contribution in [3.8, 4) is 5.75 Å². The topological polar surface area (TPSA) is 94.8 Å². The van der Waals surface area contributed by atoms with Gasteiger partial charge in [0.25, 0.3) is 0 Å². The van der Waals surface area contributed by atoms with Crippen molar-refractivity contribution < 1.29 is 19.1 Å². The molecular formula is C21H25N3O4. The minimum Gasteiger partial charge on any atom is -0.484 e. The highest BCUT2D eigenvalue weighted by Crippen LogP contribution is 2.27. The van der Waals surface area contributed by atoms with Crippen LogP contribution in [0.25, 0.3) is 0 Å². The predicted octanol–water partition coefficient (Wildman–Crippen LogP) is 2.23. The molecule has 0 unspecified atom stereocenters. The number of hydrogen-bond donors (Lipinski definition) is 1. The number of methoxy groups -OCH3 is 1. The Hall–Kier alpha value is -3.09. The maximum Gasteiger partial charge on any atom is 0.339 e. The number of nitrogen functional groups attached to an aromatic ring is 1. The van der Waals surface area contributed by atoms with Crippen molar-refractivity contribution in [2.75, 3.05) is 25.9 Å². The molecule has 2 N–H and O–H groups in total. The molecule has 7 nitrogen and oxygen atoms in total. The van der Waals surface area contributed by atoms with Crippen LogP contribution in [0.4, 0.5) is 5.82 Å². The lowest BCUT2D eigenvalue weighted by atomic mass is 10.1. The number of hydrogen-bond acceptors (Lipinski definition) is 6. The molecule has 1 aromatic carbocycles. The molecule has 1 saturated heterocycles. The first-order valence-corrected chi connectivity index (χ1v) is 9.21. The van der Waals surface area contributed by atoms with Gasteiger partial charge in [0.05, 0.1) is 25.6 Å². The summed E-state index contributed by atoms with van der Waals surface area (Å²) in [4.78, 5) is 30.2. The smallest absolute Gasteiger partial charge is 0.339 e. The van der Waals surface area contributed by atoms with Gasteiger partial charge < -0.3 is 20.1 Å². The van der Waals surface area contributed by atoms with E-state index >= 15 is 0 Å². The number of amides is 1. The fourth-order valence-corrected chi connectivity index (χ4v) is 3.23. The summed E-state index contributed by atoms with van der Waals surface area (Å²) >= 11 is 0. The molecule has 1 aliphatic rings. The summed E-state index contributed by atoms with van der Waals surface area (Å²) in [6.07, 6.45) is 1.49. The second-order valence-electron chi connectivity index (χ2n) is 7.19. The van der Waals surface area contributed by atoms with E-state index in [1.807, 2.05) is 43.0 Å². The highest BCUT2D eigenvalue weighted by molar-refractivity contribution is 5.89. The Morgan fingerprint density at radius 3 is 2.64 bits per heavy atom. The number of benzene rings is 1. The first kappa shape index (κ1) is 19.7. The SMILES string of the molecule is COC(=O)c1cnc(N)c(O[C@H]2CN(C(=O)Cc3ccc(C)cc3)C[C@@H]2C)c1.